The summed E-state index contributed by atoms with van der Waals surface area (Å²) in [6, 6.07) is 13.7. The van der Waals surface area contributed by atoms with Gasteiger partial charge in [-0.25, -0.2) is 13.1 Å². The quantitative estimate of drug-likeness (QED) is 0.940. The second kappa shape index (κ2) is 5.98. The SMILES string of the molecule is COc1ccccc1S(=O)(=O)N[C@@H]1CCOc2ccccc21. The molecule has 0 unspecified atom stereocenters. The average Bonchev–Trinajstić information content (AvgIpc) is 2.55. The molecule has 0 spiro atoms. The van der Waals surface area contributed by atoms with Gasteiger partial charge < -0.3 is 9.47 Å². The number of benzene rings is 2. The first-order valence-corrected chi connectivity index (χ1v) is 8.47. The number of hydrogen-bond donors (Lipinski definition) is 1. The van der Waals surface area contributed by atoms with Crippen LogP contribution in [0, 0.1) is 0 Å². The third kappa shape index (κ3) is 2.80. The summed E-state index contributed by atoms with van der Waals surface area (Å²) in [4.78, 5) is 0.140. The summed E-state index contributed by atoms with van der Waals surface area (Å²) in [6.45, 7) is 0.482. The number of hydrogen-bond acceptors (Lipinski definition) is 4. The third-order valence-electron chi connectivity index (χ3n) is 3.61. The van der Waals surface area contributed by atoms with E-state index < -0.39 is 10.0 Å². The maximum Gasteiger partial charge on any atom is 0.244 e. The van der Waals surface area contributed by atoms with Crippen LogP contribution in [0.3, 0.4) is 0 Å². The normalized spacial score (nSPS) is 17.4. The van der Waals surface area contributed by atoms with Crippen LogP contribution in [0.4, 0.5) is 0 Å². The number of rotatable bonds is 4. The van der Waals surface area contributed by atoms with Crippen LogP contribution in [0.25, 0.3) is 0 Å². The molecule has 0 saturated carbocycles. The standard InChI is InChI=1S/C16H17NO4S/c1-20-15-8-4-5-9-16(15)22(18,19)17-13-10-11-21-14-7-3-2-6-12(13)14/h2-9,13,17H,10-11H2,1H3/t13-/m1/s1. The molecule has 6 heteroatoms. The Hall–Kier alpha value is -2.05. The average molecular weight is 319 g/mol. The van der Waals surface area contributed by atoms with Crippen molar-refractivity contribution in [1.29, 1.82) is 0 Å². The predicted octanol–water partition coefficient (Wildman–Crippen LogP) is 2.50. The number of methoxy groups -OCH3 is 1. The summed E-state index contributed by atoms with van der Waals surface area (Å²) in [5, 5.41) is 0. The first-order valence-electron chi connectivity index (χ1n) is 6.99. The molecule has 22 heavy (non-hydrogen) atoms. The van der Waals surface area contributed by atoms with Crippen LogP contribution >= 0.6 is 0 Å². The summed E-state index contributed by atoms with van der Waals surface area (Å²) in [7, 11) is -2.22. The molecule has 1 heterocycles. The fourth-order valence-corrected chi connectivity index (χ4v) is 3.98. The molecule has 0 aromatic heterocycles. The fourth-order valence-electron chi connectivity index (χ4n) is 2.56. The lowest BCUT2D eigenvalue weighted by molar-refractivity contribution is 0.263. The molecule has 5 nitrogen and oxygen atoms in total. The van der Waals surface area contributed by atoms with Crippen molar-refractivity contribution in [2.24, 2.45) is 0 Å². The molecule has 2 aromatic rings. The van der Waals surface area contributed by atoms with Gasteiger partial charge in [0.2, 0.25) is 10.0 Å². The Labute approximate surface area is 129 Å². The zero-order valence-corrected chi connectivity index (χ0v) is 13.0. The highest BCUT2D eigenvalue weighted by Gasteiger charge is 2.28. The molecule has 0 saturated heterocycles. The van der Waals surface area contributed by atoms with Crippen LogP contribution in [0.15, 0.2) is 53.4 Å². The smallest absolute Gasteiger partial charge is 0.244 e. The first-order chi connectivity index (χ1) is 10.6. The molecular weight excluding hydrogens is 302 g/mol. The van der Waals surface area contributed by atoms with Crippen LogP contribution in [-0.4, -0.2) is 22.1 Å². The monoisotopic (exact) mass is 319 g/mol. The van der Waals surface area contributed by atoms with Crippen molar-refractivity contribution < 1.29 is 17.9 Å². The first kappa shape index (κ1) is 14.9. The summed E-state index contributed by atoms with van der Waals surface area (Å²) in [6.07, 6.45) is 0.589. The van der Waals surface area contributed by atoms with Gasteiger partial charge in [0.1, 0.15) is 16.4 Å². The lowest BCUT2D eigenvalue weighted by atomic mass is 10.0. The van der Waals surface area contributed by atoms with Crippen LogP contribution in [0.2, 0.25) is 0 Å². The Morgan fingerprint density at radius 3 is 2.68 bits per heavy atom. The highest BCUT2D eigenvalue weighted by atomic mass is 32.2. The maximum absolute atomic E-state index is 12.7. The van der Waals surface area contributed by atoms with E-state index in [4.69, 9.17) is 9.47 Å². The van der Waals surface area contributed by atoms with Crippen LogP contribution in [-0.2, 0) is 10.0 Å². The zero-order valence-electron chi connectivity index (χ0n) is 12.2. The number of para-hydroxylation sites is 2. The molecule has 1 atom stereocenters. The molecule has 1 aliphatic rings. The second-order valence-electron chi connectivity index (χ2n) is 5.00. The van der Waals surface area contributed by atoms with Gasteiger partial charge in [0.25, 0.3) is 0 Å². The van der Waals surface area contributed by atoms with Gasteiger partial charge in [0, 0.05) is 12.0 Å². The van der Waals surface area contributed by atoms with E-state index >= 15 is 0 Å². The summed E-state index contributed by atoms with van der Waals surface area (Å²) >= 11 is 0. The molecule has 0 fully saturated rings. The number of sulfonamides is 1. The lowest BCUT2D eigenvalue weighted by Crippen LogP contribution is -2.32. The van der Waals surface area contributed by atoms with Crippen LogP contribution in [0.5, 0.6) is 11.5 Å². The van der Waals surface area contributed by atoms with Gasteiger partial charge in [-0.2, -0.15) is 0 Å². The maximum atomic E-state index is 12.7. The Morgan fingerprint density at radius 2 is 1.86 bits per heavy atom. The van der Waals surface area contributed by atoms with E-state index in [0.29, 0.717) is 18.8 Å². The van der Waals surface area contributed by atoms with Crippen molar-refractivity contribution in [2.45, 2.75) is 17.4 Å². The Bertz CT molecular complexity index is 773. The molecule has 2 aromatic carbocycles. The van der Waals surface area contributed by atoms with Gasteiger partial charge in [-0.05, 0) is 18.2 Å². The fraction of sp³-hybridized carbons (Fsp3) is 0.250. The molecule has 0 radical (unpaired) electrons. The molecule has 3 rings (SSSR count). The number of fused-ring (bicyclic) bond motifs is 1. The minimum Gasteiger partial charge on any atom is -0.495 e. The number of nitrogens with one attached hydrogen (secondary N) is 1. The van der Waals surface area contributed by atoms with Gasteiger partial charge >= 0.3 is 0 Å². The van der Waals surface area contributed by atoms with Crippen molar-refractivity contribution in [3.05, 3.63) is 54.1 Å². The Kier molecular flexibility index (Phi) is 4.04. The molecule has 1 aliphatic heterocycles. The third-order valence-corrected chi connectivity index (χ3v) is 5.13. The number of ether oxygens (including phenoxy) is 2. The van der Waals surface area contributed by atoms with Crippen molar-refractivity contribution in [1.82, 2.24) is 4.72 Å². The second-order valence-corrected chi connectivity index (χ2v) is 6.68. The Morgan fingerprint density at radius 1 is 1.14 bits per heavy atom. The molecule has 116 valence electrons. The predicted molar refractivity (Wildman–Crippen MR) is 82.6 cm³/mol. The van der Waals surface area contributed by atoms with Crippen LogP contribution in [0.1, 0.15) is 18.0 Å². The summed E-state index contributed by atoms with van der Waals surface area (Å²) in [5.41, 5.74) is 0.854. The zero-order chi connectivity index (χ0) is 15.6. The minimum absolute atomic E-state index is 0.140. The van der Waals surface area contributed by atoms with Gasteiger partial charge in [-0.15, -0.1) is 0 Å². The van der Waals surface area contributed by atoms with E-state index in [1.54, 1.807) is 18.2 Å². The molecule has 0 bridgehead atoms. The topological polar surface area (TPSA) is 64.6 Å². The largest absolute Gasteiger partial charge is 0.495 e. The van der Waals surface area contributed by atoms with Gasteiger partial charge in [-0.3, -0.25) is 0 Å². The molecule has 1 N–H and O–H groups in total. The van der Waals surface area contributed by atoms with E-state index in [1.807, 2.05) is 24.3 Å². The van der Waals surface area contributed by atoms with E-state index in [9.17, 15) is 8.42 Å². The Balaban J connectivity index is 1.93. The summed E-state index contributed by atoms with van der Waals surface area (Å²) in [5.74, 6) is 1.05. The summed E-state index contributed by atoms with van der Waals surface area (Å²) < 4.78 is 38.8. The van der Waals surface area contributed by atoms with Gasteiger partial charge in [0.15, 0.2) is 0 Å². The minimum atomic E-state index is -3.68. The van der Waals surface area contributed by atoms with Crippen molar-refractivity contribution >= 4 is 10.0 Å². The van der Waals surface area contributed by atoms with Crippen molar-refractivity contribution in [3.63, 3.8) is 0 Å². The van der Waals surface area contributed by atoms with E-state index in [2.05, 4.69) is 4.72 Å². The highest BCUT2D eigenvalue weighted by molar-refractivity contribution is 7.89. The van der Waals surface area contributed by atoms with Crippen molar-refractivity contribution in [2.75, 3.05) is 13.7 Å². The van der Waals surface area contributed by atoms with Gasteiger partial charge in [-0.1, -0.05) is 30.3 Å². The van der Waals surface area contributed by atoms with E-state index in [0.717, 1.165) is 11.3 Å². The molecular formula is C16H17NO4S. The lowest BCUT2D eigenvalue weighted by Gasteiger charge is -2.26. The van der Waals surface area contributed by atoms with Crippen molar-refractivity contribution in [3.8, 4) is 11.5 Å². The van der Waals surface area contributed by atoms with E-state index in [-0.39, 0.29) is 10.9 Å². The molecule has 0 amide bonds. The molecule has 0 aliphatic carbocycles. The van der Waals surface area contributed by atoms with E-state index in [1.165, 1.54) is 13.2 Å². The van der Waals surface area contributed by atoms with Crippen LogP contribution < -0.4 is 14.2 Å². The van der Waals surface area contributed by atoms with Gasteiger partial charge in [0.05, 0.1) is 19.8 Å². The highest BCUT2D eigenvalue weighted by Crippen LogP contribution is 2.33.